The van der Waals surface area contributed by atoms with Crippen molar-refractivity contribution in [3.63, 3.8) is 0 Å². The van der Waals surface area contributed by atoms with Crippen LogP contribution in [0.1, 0.15) is 54.9 Å². The van der Waals surface area contributed by atoms with E-state index in [4.69, 9.17) is 0 Å². The van der Waals surface area contributed by atoms with Gasteiger partial charge < -0.3 is 5.11 Å². The summed E-state index contributed by atoms with van der Waals surface area (Å²) in [7, 11) is 0. The quantitative estimate of drug-likeness (QED) is 0.197. The molecule has 3 aromatic rings. The molecule has 1 aliphatic carbocycles. The summed E-state index contributed by atoms with van der Waals surface area (Å²) in [5.74, 6) is -2.88. The molecule has 3 atom stereocenters. The number of unbranched alkanes of at least 4 members (excludes halogenated alkanes) is 2. The van der Waals surface area contributed by atoms with E-state index in [0.717, 1.165) is 52.8 Å². The first-order valence-corrected chi connectivity index (χ1v) is 13.5. The third-order valence-corrected chi connectivity index (χ3v) is 8.12. The van der Waals surface area contributed by atoms with E-state index in [0.29, 0.717) is 18.4 Å². The maximum atomic E-state index is 13.3. The molecular weight excluding hydrogens is 519 g/mol. The summed E-state index contributed by atoms with van der Waals surface area (Å²) in [6, 6.07) is 9.80. The zero-order chi connectivity index (χ0) is 27.4. The van der Waals surface area contributed by atoms with E-state index in [1.54, 1.807) is 23.9 Å². The molecule has 7 nitrogen and oxygen atoms in total. The molecule has 11 heteroatoms. The molecule has 0 spiro atoms. The first-order valence-electron chi connectivity index (χ1n) is 12.5. The van der Waals surface area contributed by atoms with Gasteiger partial charge in [0.15, 0.2) is 5.78 Å². The van der Waals surface area contributed by atoms with Crippen LogP contribution >= 0.6 is 11.8 Å². The van der Waals surface area contributed by atoms with Crippen molar-refractivity contribution in [2.75, 3.05) is 5.75 Å². The summed E-state index contributed by atoms with van der Waals surface area (Å²) in [6.45, 7) is 1.98. The molecule has 0 unspecified atom stereocenters. The highest BCUT2D eigenvalue weighted by Gasteiger charge is 2.45. The summed E-state index contributed by atoms with van der Waals surface area (Å²) in [5, 5.41) is 17.4. The van der Waals surface area contributed by atoms with Crippen LogP contribution in [-0.2, 0) is 17.5 Å². The summed E-state index contributed by atoms with van der Waals surface area (Å²) in [6.07, 6.45) is -0.542. The van der Waals surface area contributed by atoms with Gasteiger partial charge in [-0.1, -0.05) is 37.1 Å². The lowest BCUT2D eigenvalue weighted by atomic mass is 9.84. The molecule has 1 aromatic heterocycles. The van der Waals surface area contributed by atoms with Crippen LogP contribution in [0.15, 0.2) is 52.2 Å². The first kappa shape index (κ1) is 27.8. The van der Waals surface area contributed by atoms with Crippen LogP contribution in [0.3, 0.4) is 0 Å². The number of carboxylic acids is 1. The van der Waals surface area contributed by atoms with Gasteiger partial charge in [-0.2, -0.15) is 13.2 Å². The number of rotatable bonds is 10. The Bertz CT molecular complexity index is 1370. The number of nitrogens with zero attached hydrogens (tertiary/aromatic N) is 3. The zero-order valence-corrected chi connectivity index (χ0v) is 21.6. The Labute approximate surface area is 221 Å². The standard InChI is InChI=1S/C27H28F3N3O4S/c1-2-3-4-13-38-19-9-5-16(6-10-19)24(34)20-11-7-17(23(20)26(36)37)15-33-25(35)21-14-18(27(28,29)30)8-12-22(21)31-32-33/h5-6,8-10,12,14,17,20,23H,2-4,7,11,13,15H2,1H3,(H,36,37)/t17-,20-,23-/m0/s1. The number of carboxylic acid groups (broad SMARTS) is 1. The number of hydrogen-bond acceptors (Lipinski definition) is 6. The number of aliphatic carboxylic acids is 1. The Morgan fingerprint density at radius 1 is 1.11 bits per heavy atom. The maximum absolute atomic E-state index is 13.3. The number of hydrogen-bond donors (Lipinski definition) is 1. The van der Waals surface area contributed by atoms with Crippen LogP contribution in [-0.4, -0.2) is 37.6 Å². The second kappa shape index (κ2) is 11.7. The van der Waals surface area contributed by atoms with Crippen molar-refractivity contribution < 1.29 is 27.9 Å². The van der Waals surface area contributed by atoms with Gasteiger partial charge in [-0.05, 0) is 61.3 Å². The van der Waals surface area contributed by atoms with Gasteiger partial charge in [0.05, 0.1) is 23.4 Å². The number of carbonyl (C=O) groups excluding carboxylic acids is 1. The third kappa shape index (κ3) is 6.09. The molecule has 1 aliphatic rings. The average Bonchev–Trinajstić information content (AvgIpc) is 3.31. The topological polar surface area (TPSA) is 102 Å². The normalized spacial score (nSPS) is 19.6. The number of halogens is 3. The van der Waals surface area contributed by atoms with Gasteiger partial charge in [-0.3, -0.25) is 14.4 Å². The van der Waals surface area contributed by atoms with Crippen molar-refractivity contribution in [1.29, 1.82) is 0 Å². The van der Waals surface area contributed by atoms with Gasteiger partial charge in [0.25, 0.3) is 5.56 Å². The highest BCUT2D eigenvalue weighted by molar-refractivity contribution is 7.99. The fraction of sp³-hybridized carbons (Fsp3) is 0.444. The van der Waals surface area contributed by atoms with Gasteiger partial charge in [0, 0.05) is 16.4 Å². The van der Waals surface area contributed by atoms with Gasteiger partial charge in [-0.15, -0.1) is 16.9 Å². The maximum Gasteiger partial charge on any atom is 0.416 e. The van der Waals surface area contributed by atoms with Crippen LogP contribution in [0.25, 0.3) is 10.9 Å². The number of aromatic nitrogens is 3. The minimum absolute atomic E-state index is 0.0143. The number of thioether (sulfide) groups is 1. The van der Waals surface area contributed by atoms with Gasteiger partial charge in [0.1, 0.15) is 5.52 Å². The number of Topliss-reactive ketones (excluding diaryl/α,β-unsaturated/α-hetero) is 1. The summed E-state index contributed by atoms with van der Waals surface area (Å²) < 4.78 is 40.3. The fourth-order valence-corrected chi connectivity index (χ4v) is 5.93. The van der Waals surface area contributed by atoms with Gasteiger partial charge in [0.2, 0.25) is 0 Å². The smallest absolute Gasteiger partial charge is 0.416 e. The number of alkyl halides is 3. The summed E-state index contributed by atoms with van der Waals surface area (Å²) >= 11 is 1.71. The van der Waals surface area contributed by atoms with Crippen LogP contribution in [0.2, 0.25) is 0 Å². The van der Waals surface area contributed by atoms with E-state index < -0.39 is 41.0 Å². The van der Waals surface area contributed by atoms with Crippen molar-refractivity contribution in [2.45, 2.75) is 56.6 Å². The average molecular weight is 548 g/mol. The van der Waals surface area contributed by atoms with Crippen LogP contribution in [0.5, 0.6) is 0 Å². The van der Waals surface area contributed by atoms with Crippen LogP contribution < -0.4 is 5.56 Å². The third-order valence-electron chi connectivity index (χ3n) is 7.02. The van der Waals surface area contributed by atoms with E-state index in [-0.39, 0.29) is 23.2 Å². The van der Waals surface area contributed by atoms with Crippen molar-refractivity contribution in [3.8, 4) is 0 Å². The van der Waals surface area contributed by atoms with Crippen molar-refractivity contribution in [2.24, 2.45) is 17.8 Å². The molecule has 1 saturated carbocycles. The minimum Gasteiger partial charge on any atom is -0.481 e. The number of benzene rings is 2. The Morgan fingerprint density at radius 2 is 1.84 bits per heavy atom. The molecule has 0 saturated heterocycles. The molecule has 1 N–H and O–H groups in total. The molecule has 0 aliphatic heterocycles. The van der Waals surface area contributed by atoms with Crippen molar-refractivity contribution in [1.82, 2.24) is 15.0 Å². The number of ketones is 1. The van der Waals surface area contributed by atoms with Crippen LogP contribution in [0.4, 0.5) is 13.2 Å². The number of carbonyl (C=O) groups is 2. The van der Waals surface area contributed by atoms with Gasteiger partial charge >= 0.3 is 12.1 Å². The fourth-order valence-electron chi connectivity index (χ4n) is 5.02. The lowest BCUT2D eigenvalue weighted by Crippen LogP contribution is -2.34. The van der Waals surface area contributed by atoms with Gasteiger partial charge in [-0.25, -0.2) is 4.68 Å². The lowest BCUT2D eigenvalue weighted by molar-refractivity contribution is -0.144. The number of fused-ring (bicyclic) bond motifs is 1. The second-order valence-electron chi connectivity index (χ2n) is 9.56. The van der Waals surface area contributed by atoms with E-state index in [2.05, 4.69) is 17.2 Å². The van der Waals surface area contributed by atoms with Crippen LogP contribution in [0, 0.1) is 17.8 Å². The SMILES string of the molecule is CCCCCSc1ccc(C(=O)[C@H]2CC[C@@H](Cn3nnc4ccc(C(F)(F)F)cc4c3=O)[C@@H]2C(=O)O)cc1. The monoisotopic (exact) mass is 547 g/mol. The Morgan fingerprint density at radius 3 is 2.50 bits per heavy atom. The van der Waals surface area contributed by atoms with E-state index in [1.807, 2.05) is 12.1 Å². The predicted molar refractivity (Wildman–Crippen MR) is 137 cm³/mol. The molecule has 1 heterocycles. The second-order valence-corrected chi connectivity index (χ2v) is 10.7. The molecule has 38 heavy (non-hydrogen) atoms. The largest absolute Gasteiger partial charge is 0.481 e. The summed E-state index contributed by atoms with van der Waals surface area (Å²) in [4.78, 5) is 39.5. The Hall–Kier alpha value is -3.21. The molecule has 0 radical (unpaired) electrons. The van der Waals surface area contributed by atoms with E-state index >= 15 is 0 Å². The van der Waals surface area contributed by atoms with E-state index in [9.17, 15) is 32.7 Å². The molecule has 0 bridgehead atoms. The molecule has 2 aromatic carbocycles. The van der Waals surface area contributed by atoms with Crippen molar-refractivity contribution in [3.05, 3.63) is 63.9 Å². The first-order chi connectivity index (χ1) is 18.1. The highest BCUT2D eigenvalue weighted by atomic mass is 32.2. The Balaban J connectivity index is 1.51. The molecule has 0 amide bonds. The molecule has 1 fully saturated rings. The van der Waals surface area contributed by atoms with Crippen molar-refractivity contribution >= 4 is 34.4 Å². The lowest BCUT2D eigenvalue weighted by Gasteiger charge is -2.20. The zero-order valence-electron chi connectivity index (χ0n) is 20.8. The minimum atomic E-state index is -4.63. The highest BCUT2D eigenvalue weighted by Crippen LogP contribution is 2.40. The van der Waals surface area contributed by atoms with E-state index in [1.165, 1.54) is 0 Å². The summed E-state index contributed by atoms with van der Waals surface area (Å²) in [5.41, 5.74) is -1.32. The molecule has 4 rings (SSSR count). The Kier molecular flexibility index (Phi) is 8.54. The molecule has 202 valence electrons. The predicted octanol–water partition coefficient (Wildman–Crippen LogP) is 5.70. The molecular formula is C27H28F3N3O4S.